The first-order valence-electron chi connectivity index (χ1n) is 5.28. The molecule has 86 valence electrons. The number of aromatic nitrogens is 5. The summed E-state index contributed by atoms with van der Waals surface area (Å²) in [4.78, 5) is 4.25. The molecule has 2 N–H and O–H groups in total. The van der Waals surface area contributed by atoms with Gasteiger partial charge in [-0.15, -0.1) is 5.10 Å². The molecule has 0 aliphatic carbocycles. The third-order valence-electron chi connectivity index (χ3n) is 2.51. The summed E-state index contributed by atoms with van der Waals surface area (Å²) in [5.41, 5.74) is 6.53. The molecule has 1 unspecified atom stereocenters. The van der Waals surface area contributed by atoms with E-state index in [2.05, 4.69) is 15.3 Å². The van der Waals surface area contributed by atoms with Gasteiger partial charge in [-0.05, 0) is 6.92 Å². The number of nitrogens with zero attached hydrogens (tertiary/aromatic N) is 5. The van der Waals surface area contributed by atoms with Gasteiger partial charge in [-0.25, -0.2) is 4.98 Å². The van der Waals surface area contributed by atoms with Crippen LogP contribution >= 0.6 is 0 Å². The van der Waals surface area contributed by atoms with Crippen molar-refractivity contribution in [1.29, 1.82) is 0 Å². The highest BCUT2D eigenvalue weighted by atomic mass is 15.4. The van der Waals surface area contributed by atoms with E-state index in [1.165, 1.54) is 0 Å². The van der Waals surface area contributed by atoms with Gasteiger partial charge >= 0.3 is 0 Å². The van der Waals surface area contributed by atoms with Gasteiger partial charge in [-0.1, -0.05) is 5.21 Å². The lowest BCUT2D eigenvalue weighted by molar-refractivity contribution is 0.569. The first kappa shape index (κ1) is 10.8. The van der Waals surface area contributed by atoms with Crippen LogP contribution in [0.4, 0.5) is 0 Å². The van der Waals surface area contributed by atoms with Gasteiger partial charge in [0.1, 0.15) is 5.82 Å². The maximum atomic E-state index is 5.71. The standard InChI is InChI=1S/C10H16N6/c1-8(11)9-7-16(14-13-9)5-3-10-12-4-6-15(10)2/h4,6-8H,3,5,11H2,1-2H3. The van der Waals surface area contributed by atoms with E-state index in [-0.39, 0.29) is 6.04 Å². The molecule has 0 bridgehead atoms. The Morgan fingerprint density at radius 3 is 2.88 bits per heavy atom. The quantitative estimate of drug-likeness (QED) is 0.802. The number of hydrogen-bond acceptors (Lipinski definition) is 4. The van der Waals surface area contributed by atoms with E-state index in [0.29, 0.717) is 0 Å². The van der Waals surface area contributed by atoms with Crippen molar-refractivity contribution in [3.8, 4) is 0 Å². The molecule has 0 fully saturated rings. The largest absolute Gasteiger partial charge is 0.338 e. The van der Waals surface area contributed by atoms with Crippen LogP contribution in [0.15, 0.2) is 18.6 Å². The molecule has 0 saturated carbocycles. The zero-order chi connectivity index (χ0) is 11.5. The number of rotatable bonds is 4. The van der Waals surface area contributed by atoms with Gasteiger partial charge in [0.05, 0.1) is 11.9 Å². The number of imidazole rings is 1. The molecule has 1 atom stereocenters. The molecule has 0 spiro atoms. The molecular weight excluding hydrogens is 204 g/mol. The molecule has 0 aromatic carbocycles. The molecule has 2 heterocycles. The summed E-state index contributed by atoms with van der Waals surface area (Å²) in [6, 6.07) is -0.0677. The predicted octanol–water partition coefficient (Wildman–Crippen LogP) is 0.274. The normalized spacial score (nSPS) is 12.9. The van der Waals surface area contributed by atoms with E-state index in [1.54, 1.807) is 10.9 Å². The Bertz CT molecular complexity index is 455. The molecule has 0 saturated heterocycles. The zero-order valence-corrected chi connectivity index (χ0v) is 9.54. The SMILES string of the molecule is CC(N)c1cn(CCc2nccn2C)nn1. The van der Waals surface area contributed by atoms with Crippen LogP contribution in [0.5, 0.6) is 0 Å². The summed E-state index contributed by atoms with van der Waals surface area (Å²) >= 11 is 0. The summed E-state index contributed by atoms with van der Waals surface area (Å²) < 4.78 is 3.80. The highest BCUT2D eigenvalue weighted by Crippen LogP contribution is 2.04. The van der Waals surface area contributed by atoms with Crippen molar-refractivity contribution in [3.63, 3.8) is 0 Å². The van der Waals surface area contributed by atoms with Crippen molar-refractivity contribution in [2.45, 2.75) is 25.9 Å². The second kappa shape index (κ2) is 4.44. The molecule has 16 heavy (non-hydrogen) atoms. The van der Waals surface area contributed by atoms with E-state index >= 15 is 0 Å². The lowest BCUT2D eigenvalue weighted by Crippen LogP contribution is -2.06. The van der Waals surface area contributed by atoms with Crippen molar-refractivity contribution >= 4 is 0 Å². The van der Waals surface area contributed by atoms with Crippen molar-refractivity contribution in [1.82, 2.24) is 24.5 Å². The minimum absolute atomic E-state index is 0.0677. The van der Waals surface area contributed by atoms with Crippen LogP contribution in [-0.4, -0.2) is 24.5 Å². The third kappa shape index (κ3) is 2.27. The Kier molecular flexibility index (Phi) is 3.00. The van der Waals surface area contributed by atoms with Crippen molar-refractivity contribution in [2.75, 3.05) is 0 Å². The number of aryl methyl sites for hydroxylation is 3. The predicted molar refractivity (Wildman–Crippen MR) is 59.5 cm³/mol. The van der Waals surface area contributed by atoms with Gasteiger partial charge in [0, 0.05) is 38.4 Å². The van der Waals surface area contributed by atoms with Crippen LogP contribution in [0.25, 0.3) is 0 Å². The van der Waals surface area contributed by atoms with Crippen LogP contribution in [0.2, 0.25) is 0 Å². The lowest BCUT2D eigenvalue weighted by Gasteiger charge is -2.01. The molecular formula is C10H16N6. The van der Waals surface area contributed by atoms with Crippen LogP contribution in [0.3, 0.4) is 0 Å². The maximum Gasteiger partial charge on any atom is 0.110 e. The second-order valence-electron chi connectivity index (χ2n) is 3.90. The second-order valence-corrected chi connectivity index (χ2v) is 3.90. The van der Waals surface area contributed by atoms with E-state index in [0.717, 1.165) is 24.5 Å². The highest BCUT2D eigenvalue weighted by Gasteiger charge is 2.06. The Balaban J connectivity index is 1.97. The van der Waals surface area contributed by atoms with E-state index in [1.807, 2.05) is 30.9 Å². The topological polar surface area (TPSA) is 74.6 Å². The van der Waals surface area contributed by atoms with E-state index in [9.17, 15) is 0 Å². The Morgan fingerprint density at radius 1 is 1.50 bits per heavy atom. The molecule has 0 aliphatic rings. The van der Waals surface area contributed by atoms with Gasteiger partial charge in [-0.3, -0.25) is 4.68 Å². The minimum atomic E-state index is -0.0677. The van der Waals surface area contributed by atoms with Crippen LogP contribution in [0, 0.1) is 0 Å². The fourth-order valence-corrected chi connectivity index (χ4v) is 1.48. The Hall–Kier alpha value is -1.69. The molecule has 2 aromatic rings. The lowest BCUT2D eigenvalue weighted by atomic mass is 10.3. The van der Waals surface area contributed by atoms with Gasteiger partial charge in [-0.2, -0.15) is 0 Å². The summed E-state index contributed by atoms with van der Waals surface area (Å²) in [7, 11) is 1.98. The fourth-order valence-electron chi connectivity index (χ4n) is 1.48. The number of hydrogen-bond donors (Lipinski definition) is 1. The first-order valence-corrected chi connectivity index (χ1v) is 5.28. The van der Waals surface area contributed by atoms with Crippen molar-refractivity contribution < 1.29 is 0 Å². The Morgan fingerprint density at radius 2 is 2.31 bits per heavy atom. The summed E-state index contributed by atoms with van der Waals surface area (Å²) in [5, 5.41) is 8.01. The minimum Gasteiger partial charge on any atom is -0.338 e. The average molecular weight is 220 g/mol. The van der Waals surface area contributed by atoms with Gasteiger partial charge < -0.3 is 10.3 Å². The fraction of sp³-hybridized carbons (Fsp3) is 0.500. The summed E-state index contributed by atoms with van der Waals surface area (Å²) in [6.07, 6.45) is 6.45. The molecule has 0 radical (unpaired) electrons. The highest BCUT2D eigenvalue weighted by molar-refractivity contribution is 4.98. The number of nitrogens with two attached hydrogens (primary N) is 1. The van der Waals surface area contributed by atoms with Gasteiger partial charge in [0.2, 0.25) is 0 Å². The first-order chi connectivity index (χ1) is 7.66. The molecule has 2 rings (SSSR count). The molecule has 2 aromatic heterocycles. The zero-order valence-electron chi connectivity index (χ0n) is 9.54. The van der Waals surface area contributed by atoms with E-state index < -0.39 is 0 Å². The van der Waals surface area contributed by atoms with E-state index in [4.69, 9.17) is 5.73 Å². The summed E-state index contributed by atoms with van der Waals surface area (Å²) in [5.74, 6) is 1.04. The van der Waals surface area contributed by atoms with Crippen LogP contribution < -0.4 is 5.73 Å². The smallest absolute Gasteiger partial charge is 0.110 e. The maximum absolute atomic E-state index is 5.71. The molecule has 0 aliphatic heterocycles. The van der Waals surface area contributed by atoms with Crippen molar-refractivity contribution in [2.24, 2.45) is 12.8 Å². The molecule has 0 amide bonds. The third-order valence-corrected chi connectivity index (χ3v) is 2.51. The van der Waals surface area contributed by atoms with Gasteiger partial charge in [0.25, 0.3) is 0 Å². The van der Waals surface area contributed by atoms with Crippen LogP contribution in [0.1, 0.15) is 24.5 Å². The van der Waals surface area contributed by atoms with Crippen molar-refractivity contribution in [3.05, 3.63) is 30.1 Å². The van der Waals surface area contributed by atoms with Crippen LogP contribution in [-0.2, 0) is 20.0 Å². The van der Waals surface area contributed by atoms with Gasteiger partial charge in [0.15, 0.2) is 0 Å². The average Bonchev–Trinajstić information content (AvgIpc) is 2.83. The Labute approximate surface area is 94.1 Å². The summed E-state index contributed by atoms with van der Waals surface area (Å²) in [6.45, 7) is 2.66. The molecule has 6 heteroatoms. The monoisotopic (exact) mass is 220 g/mol. The molecule has 6 nitrogen and oxygen atoms in total.